The number of halogens is 1. The van der Waals surface area contributed by atoms with Crippen LogP contribution in [0.5, 0.6) is 0 Å². The lowest BCUT2D eigenvalue weighted by Gasteiger charge is -2.11. The summed E-state index contributed by atoms with van der Waals surface area (Å²) in [5.74, 6) is 1.04. The van der Waals surface area contributed by atoms with Crippen molar-refractivity contribution in [2.45, 2.75) is 44.6 Å². The van der Waals surface area contributed by atoms with Crippen molar-refractivity contribution in [1.29, 1.82) is 0 Å². The van der Waals surface area contributed by atoms with Crippen LogP contribution in [0.25, 0.3) is 0 Å². The van der Waals surface area contributed by atoms with Crippen molar-refractivity contribution >= 4 is 24.2 Å². The van der Waals surface area contributed by atoms with Crippen molar-refractivity contribution in [1.82, 2.24) is 10.6 Å². The normalized spacial score (nSPS) is 19.2. The minimum Gasteiger partial charge on any atom is -0.356 e. The van der Waals surface area contributed by atoms with E-state index >= 15 is 0 Å². The van der Waals surface area contributed by atoms with Crippen LogP contribution in [-0.4, -0.2) is 30.9 Å². The minimum atomic E-state index is 0. The van der Waals surface area contributed by atoms with E-state index in [0.29, 0.717) is 31.8 Å². The Labute approximate surface area is 120 Å². The van der Waals surface area contributed by atoms with Crippen LogP contribution in [0.4, 0.5) is 0 Å². The molecule has 110 valence electrons. The van der Waals surface area contributed by atoms with Crippen molar-refractivity contribution in [2.75, 3.05) is 13.1 Å². The summed E-state index contributed by atoms with van der Waals surface area (Å²) in [6.45, 7) is 1.18. The number of nitrogens with two attached hydrogens (primary N) is 1. The number of amides is 2. The third-order valence-electron chi connectivity index (χ3n) is 3.59. The molecular weight excluding hydrogens is 266 g/mol. The van der Waals surface area contributed by atoms with Gasteiger partial charge in [0.1, 0.15) is 0 Å². The second-order valence-corrected chi connectivity index (χ2v) is 5.47. The van der Waals surface area contributed by atoms with Crippen LogP contribution in [0.3, 0.4) is 0 Å². The van der Waals surface area contributed by atoms with Gasteiger partial charge < -0.3 is 16.4 Å². The molecule has 2 rings (SSSR count). The molecule has 0 aromatic rings. The highest BCUT2D eigenvalue weighted by atomic mass is 35.5. The van der Waals surface area contributed by atoms with Gasteiger partial charge in [-0.15, -0.1) is 12.4 Å². The average Bonchev–Trinajstić information content (AvgIpc) is 3.19. The summed E-state index contributed by atoms with van der Waals surface area (Å²) in [7, 11) is 0. The molecule has 0 aliphatic heterocycles. The Bertz CT molecular complexity index is 317. The molecule has 0 radical (unpaired) electrons. The van der Waals surface area contributed by atoms with E-state index in [4.69, 9.17) is 5.73 Å². The van der Waals surface area contributed by atoms with Crippen LogP contribution in [0.2, 0.25) is 0 Å². The van der Waals surface area contributed by atoms with Crippen molar-refractivity contribution < 1.29 is 9.59 Å². The molecule has 2 aliphatic rings. The Kier molecular flexibility index (Phi) is 6.58. The summed E-state index contributed by atoms with van der Waals surface area (Å²) < 4.78 is 0. The van der Waals surface area contributed by atoms with Crippen LogP contribution in [0.15, 0.2) is 0 Å². The van der Waals surface area contributed by atoms with E-state index in [1.165, 1.54) is 12.8 Å². The van der Waals surface area contributed by atoms with Gasteiger partial charge in [0.15, 0.2) is 0 Å². The molecule has 2 aliphatic carbocycles. The van der Waals surface area contributed by atoms with Gasteiger partial charge in [-0.1, -0.05) is 0 Å². The van der Waals surface area contributed by atoms with Gasteiger partial charge in [0.25, 0.3) is 0 Å². The Balaban J connectivity index is 0.00000180. The second kappa shape index (κ2) is 7.70. The molecule has 19 heavy (non-hydrogen) atoms. The van der Waals surface area contributed by atoms with Crippen LogP contribution in [0.1, 0.15) is 38.5 Å². The summed E-state index contributed by atoms with van der Waals surface area (Å²) >= 11 is 0. The maximum Gasteiger partial charge on any atom is 0.223 e. The molecule has 6 heteroatoms. The number of carbonyl (C=O) groups excluding carboxylic acids is 2. The second-order valence-electron chi connectivity index (χ2n) is 5.47. The van der Waals surface area contributed by atoms with E-state index in [9.17, 15) is 9.59 Å². The molecule has 4 N–H and O–H groups in total. The minimum absolute atomic E-state index is 0. The number of nitrogens with one attached hydrogen (secondary N) is 2. The van der Waals surface area contributed by atoms with E-state index in [1.54, 1.807) is 0 Å². The van der Waals surface area contributed by atoms with E-state index in [2.05, 4.69) is 10.6 Å². The quantitative estimate of drug-likeness (QED) is 0.571. The first-order valence-corrected chi connectivity index (χ1v) is 6.97. The van der Waals surface area contributed by atoms with E-state index in [0.717, 1.165) is 12.8 Å². The first-order chi connectivity index (χ1) is 8.66. The maximum absolute atomic E-state index is 11.5. The Morgan fingerprint density at radius 3 is 2.42 bits per heavy atom. The molecule has 2 fully saturated rings. The van der Waals surface area contributed by atoms with Gasteiger partial charge in [-0.25, -0.2) is 0 Å². The molecule has 2 saturated carbocycles. The van der Waals surface area contributed by atoms with Crippen LogP contribution in [-0.2, 0) is 9.59 Å². The van der Waals surface area contributed by atoms with E-state index in [1.807, 2.05) is 0 Å². The molecule has 0 bridgehead atoms. The van der Waals surface area contributed by atoms with Gasteiger partial charge in [-0.05, 0) is 38.0 Å². The van der Waals surface area contributed by atoms with E-state index in [-0.39, 0.29) is 36.2 Å². The third kappa shape index (κ3) is 6.25. The molecule has 5 nitrogen and oxygen atoms in total. The SMILES string of the molecule is Cl.NC(CNC(=O)CCCNC(=O)C1CC1)C1CC1. The molecule has 0 saturated heterocycles. The van der Waals surface area contributed by atoms with E-state index < -0.39 is 0 Å². The lowest BCUT2D eigenvalue weighted by atomic mass is 10.2. The summed E-state index contributed by atoms with van der Waals surface area (Å²) in [4.78, 5) is 22.8. The van der Waals surface area contributed by atoms with Gasteiger partial charge >= 0.3 is 0 Å². The Morgan fingerprint density at radius 1 is 1.16 bits per heavy atom. The van der Waals surface area contributed by atoms with Crippen molar-refractivity contribution in [3.05, 3.63) is 0 Å². The monoisotopic (exact) mass is 289 g/mol. The summed E-state index contributed by atoms with van der Waals surface area (Å²) in [6, 6.07) is 0.114. The largest absolute Gasteiger partial charge is 0.356 e. The fourth-order valence-corrected chi connectivity index (χ4v) is 1.96. The number of rotatable bonds is 8. The Hall–Kier alpha value is -0.810. The van der Waals surface area contributed by atoms with Gasteiger partial charge in [0, 0.05) is 31.5 Å². The molecule has 0 aromatic carbocycles. The lowest BCUT2D eigenvalue weighted by Crippen LogP contribution is -2.38. The standard InChI is InChI=1S/C13H23N3O2.ClH/c14-11(9-3-4-9)8-16-12(17)2-1-7-15-13(18)10-5-6-10;/h9-11H,1-8,14H2,(H,15,18)(H,16,17);1H. The predicted octanol–water partition coefficient (Wildman–Crippen LogP) is 0.568. The van der Waals surface area contributed by atoms with Crippen molar-refractivity contribution in [2.24, 2.45) is 17.6 Å². The zero-order chi connectivity index (χ0) is 13.0. The highest BCUT2D eigenvalue weighted by Crippen LogP contribution is 2.31. The van der Waals surface area contributed by atoms with Gasteiger partial charge in [-0.3, -0.25) is 9.59 Å². The number of carbonyl (C=O) groups is 2. The molecule has 2 amide bonds. The topological polar surface area (TPSA) is 84.2 Å². The molecular formula is C13H24ClN3O2. The smallest absolute Gasteiger partial charge is 0.223 e. The van der Waals surface area contributed by atoms with Crippen LogP contribution >= 0.6 is 12.4 Å². The summed E-state index contributed by atoms with van der Waals surface area (Å²) in [5, 5.41) is 5.70. The van der Waals surface area contributed by atoms with Crippen LogP contribution in [0, 0.1) is 11.8 Å². The fraction of sp³-hybridized carbons (Fsp3) is 0.846. The van der Waals surface area contributed by atoms with Crippen LogP contribution < -0.4 is 16.4 Å². The van der Waals surface area contributed by atoms with Gasteiger partial charge in [0.2, 0.25) is 11.8 Å². The summed E-state index contributed by atoms with van der Waals surface area (Å²) in [6.07, 6.45) is 5.59. The average molecular weight is 290 g/mol. The predicted molar refractivity (Wildman–Crippen MR) is 75.9 cm³/mol. The molecule has 0 heterocycles. The molecule has 0 spiro atoms. The highest BCUT2D eigenvalue weighted by molar-refractivity contribution is 5.85. The maximum atomic E-state index is 11.5. The molecule has 1 unspecified atom stereocenters. The zero-order valence-corrected chi connectivity index (χ0v) is 12.0. The lowest BCUT2D eigenvalue weighted by molar-refractivity contribution is -0.123. The van der Waals surface area contributed by atoms with Gasteiger partial charge in [-0.2, -0.15) is 0 Å². The van der Waals surface area contributed by atoms with Crippen molar-refractivity contribution in [3.63, 3.8) is 0 Å². The first-order valence-electron chi connectivity index (χ1n) is 6.97. The van der Waals surface area contributed by atoms with Gasteiger partial charge in [0.05, 0.1) is 0 Å². The summed E-state index contributed by atoms with van der Waals surface area (Å²) in [5.41, 5.74) is 5.89. The fourth-order valence-electron chi connectivity index (χ4n) is 1.96. The number of hydrogen-bond acceptors (Lipinski definition) is 3. The molecule has 1 atom stereocenters. The Morgan fingerprint density at radius 2 is 1.84 bits per heavy atom. The first kappa shape index (κ1) is 16.2. The van der Waals surface area contributed by atoms with Crippen molar-refractivity contribution in [3.8, 4) is 0 Å². The number of hydrogen-bond donors (Lipinski definition) is 3. The molecule has 0 aromatic heterocycles. The third-order valence-corrected chi connectivity index (χ3v) is 3.59. The zero-order valence-electron chi connectivity index (χ0n) is 11.2. The highest BCUT2D eigenvalue weighted by Gasteiger charge is 2.29.